The maximum absolute atomic E-state index is 10.7. The molecule has 0 aromatic carbocycles. The van der Waals surface area contributed by atoms with E-state index in [4.69, 9.17) is 0 Å². The first-order valence-corrected chi connectivity index (χ1v) is 5.09. The number of pyridine rings is 1. The molecule has 15 heavy (non-hydrogen) atoms. The summed E-state index contributed by atoms with van der Waals surface area (Å²) in [4.78, 5) is 19.0. The molecule has 0 aliphatic rings. The van der Waals surface area contributed by atoms with E-state index >= 15 is 0 Å². The van der Waals surface area contributed by atoms with Crippen LogP contribution < -0.4 is 5.11 Å². The van der Waals surface area contributed by atoms with Crippen LogP contribution in [0.3, 0.4) is 0 Å². The first-order chi connectivity index (χ1) is 7.18. The van der Waals surface area contributed by atoms with E-state index < -0.39 is 5.97 Å². The molecule has 2 rings (SSSR count). The van der Waals surface area contributed by atoms with Crippen molar-refractivity contribution in [3.05, 3.63) is 35.1 Å². The van der Waals surface area contributed by atoms with Crippen LogP contribution in [0, 0.1) is 6.92 Å². The maximum atomic E-state index is 10.7. The average Bonchev–Trinajstić information content (AvgIpc) is 2.62. The van der Waals surface area contributed by atoms with Crippen LogP contribution in [0.2, 0.25) is 0 Å². The predicted molar refractivity (Wildman–Crippen MR) is 54.4 cm³/mol. The van der Waals surface area contributed by atoms with Gasteiger partial charge >= 0.3 is 0 Å². The number of nitrogens with zero attached hydrogens (tertiary/aromatic N) is 2. The number of carbonyl (C=O) groups excluding carboxylic acids is 1. The highest BCUT2D eigenvalue weighted by Gasteiger charge is 2.09. The van der Waals surface area contributed by atoms with Gasteiger partial charge in [-0.1, -0.05) is 0 Å². The van der Waals surface area contributed by atoms with Crippen molar-refractivity contribution in [3.8, 4) is 10.6 Å². The normalized spacial score (nSPS) is 10.2. The molecule has 0 unspecified atom stereocenters. The topological polar surface area (TPSA) is 65.9 Å². The van der Waals surface area contributed by atoms with Gasteiger partial charge in [-0.15, -0.1) is 11.3 Å². The summed E-state index contributed by atoms with van der Waals surface area (Å²) >= 11 is 1.11. The molecular formula is C10H7N2O2S-. The molecule has 0 atom stereocenters. The Hall–Kier alpha value is -1.75. The van der Waals surface area contributed by atoms with Crippen molar-refractivity contribution in [2.45, 2.75) is 6.92 Å². The lowest BCUT2D eigenvalue weighted by Gasteiger charge is -1.95. The lowest BCUT2D eigenvalue weighted by atomic mass is 10.3. The molecule has 76 valence electrons. The first kappa shape index (κ1) is 9.79. The van der Waals surface area contributed by atoms with E-state index in [1.165, 1.54) is 0 Å². The van der Waals surface area contributed by atoms with Gasteiger partial charge in [-0.2, -0.15) is 0 Å². The molecule has 0 N–H and O–H groups in total. The highest BCUT2D eigenvalue weighted by atomic mass is 32.1. The summed E-state index contributed by atoms with van der Waals surface area (Å²) in [6.07, 6.45) is 3.31. The number of carbonyl (C=O) groups is 1. The van der Waals surface area contributed by atoms with Crippen molar-refractivity contribution < 1.29 is 9.90 Å². The van der Waals surface area contributed by atoms with Crippen LogP contribution in [-0.2, 0) is 0 Å². The number of hydrogen-bond donors (Lipinski definition) is 0. The number of rotatable bonds is 2. The number of carboxylic acids is 1. The fourth-order valence-electron chi connectivity index (χ4n) is 1.20. The Balaban J connectivity index is 2.48. The van der Waals surface area contributed by atoms with E-state index in [9.17, 15) is 9.90 Å². The zero-order valence-electron chi connectivity index (χ0n) is 7.93. The lowest BCUT2D eigenvalue weighted by molar-refractivity contribution is -0.254. The second-order valence-corrected chi connectivity index (χ2v) is 3.96. The molecule has 5 heteroatoms. The van der Waals surface area contributed by atoms with E-state index in [0.717, 1.165) is 16.9 Å². The van der Waals surface area contributed by atoms with Gasteiger partial charge in [0, 0.05) is 18.0 Å². The van der Waals surface area contributed by atoms with Crippen LogP contribution in [0.5, 0.6) is 0 Å². The molecule has 2 aromatic heterocycles. The maximum Gasteiger partial charge on any atom is 0.125 e. The minimum absolute atomic E-state index is 0.175. The van der Waals surface area contributed by atoms with Crippen LogP contribution in [0.15, 0.2) is 24.5 Å². The number of hydrogen-bond acceptors (Lipinski definition) is 5. The predicted octanol–water partition coefficient (Wildman–Crippen LogP) is 0.877. The van der Waals surface area contributed by atoms with Crippen molar-refractivity contribution in [2.75, 3.05) is 0 Å². The van der Waals surface area contributed by atoms with Crippen LogP contribution in [0.4, 0.5) is 0 Å². The van der Waals surface area contributed by atoms with Gasteiger partial charge in [-0.3, -0.25) is 4.98 Å². The molecule has 0 saturated carbocycles. The van der Waals surface area contributed by atoms with Gasteiger partial charge in [0.15, 0.2) is 0 Å². The fourth-order valence-corrected chi connectivity index (χ4v) is 2.09. The second kappa shape index (κ2) is 3.78. The number of carboxylic acid groups (broad SMARTS) is 1. The Kier molecular flexibility index (Phi) is 2.47. The second-order valence-electron chi connectivity index (χ2n) is 2.96. The third kappa shape index (κ3) is 1.87. The monoisotopic (exact) mass is 219 g/mol. The largest absolute Gasteiger partial charge is 0.544 e. The van der Waals surface area contributed by atoms with E-state index in [1.54, 1.807) is 25.4 Å². The average molecular weight is 219 g/mol. The number of aryl methyl sites for hydroxylation is 1. The van der Waals surface area contributed by atoms with Crippen molar-refractivity contribution >= 4 is 17.3 Å². The summed E-state index contributed by atoms with van der Waals surface area (Å²) in [5, 5.41) is 11.4. The van der Waals surface area contributed by atoms with Crippen LogP contribution in [-0.4, -0.2) is 15.9 Å². The molecule has 0 radical (unpaired) electrons. The SMILES string of the molecule is Cc1nc(-c2cccnc2)sc1C(=O)[O-]. The Bertz CT molecular complexity index is 493. The van der Waals surface area contributed by atoms with Gasteiger partial charge in [0.2, 0.25) is 0 Å². The molecule has 4 nitrogen and oxygen atoms in total. The quantitative estimate of drug-likeness (QED) is 0.752. The van der Waals surface area contributed by atoms with Gasteiger partial charge in [0.1, 0.15) is 5.01 Å². The van der Waals surface area contributed by atoms with E-state index in [1.807, 2.05) is 6.07 Å². The summed E-state index contributed by atoms with van der Waals surface area (Å²) in [5.41, 5.74) is 1.30. The molecule has 2 aromatic rings. The molecule has 2 heterocycles. The molecule has 0 spiro atoms. The molecule has 0 bridgehead atoms. The molecule has 0 aliphatic heterocycles. The molecular weight excluding hydrogens is 212 g/mol. The van der Waals surface area contributed by atoms with Crippen LogP contribution >= 0.6 is 11.3 Å². The van der Waals surface area contributed by atoms with Crippen molar-refractivity contribution in [2.24, 2.45) is 0 Å². The fraction of sp³-hybridized carbons (Fsp3) is 0.100. The number of aromatic nitrogens is 2. The van der Waals surface area contributed by atoms with Gasteiger partial charge in [0.05, 0.1) is 16.5 Å². The zero-order chi connectivity index (χ0) is 10.8. The lowest BCUT2D eigenvalue weighted by Crippen LogP contribution is -2.21. The summed E-state index contributed by atoms with van der Waals surface area (Å²) in [7, 11) is 0. The van der Waals surface area contributed by atoms with E-state index in [2.05, 4.69) is 9.97 Å². The molecule has 0 amide bonds. The minimum Gasteiger partial charge on any atom is -0.544 e. The van der Waals surface area contributed by atoms with Crippen molar-refractivity contribution in [1.82, 2.24) is 9.97 Å². The van der Waals surface area contributed by atoms with E-state index in [-0.39, 0.29) is 4.88 Å². The number of thiazole rings is 1. The highest BCUT2D eigenvalue weighted by molar-refractivity contribution is 7.17. The Morgan fingerprint density at radius 3 is 2.87 bits per heavy atom. The van der Waals surface area contributed by atoms with Gasteiger partial charge in [0.25, 0.3) is 0 Å². The summed E-state index contributed by atoms with van der Waals surface area (Å²) in [5.74, 6) is -1.18. The molecule has 0 aliphatic carbocycles. The Labute approximate surface area is 90.3 Å². The van der Waals surface area contributed by atoms with Gasteiger partial charge < -0.3 is 9.90 Å². The van der Waals surface area contributed by atoms with E-state index in [0.29, 0.717) is 10.7 Å². The van der Waals surface area contributed by atoms with Gasteiger partial charge in [-0.05, 0) is 19.1 Å². The summed E-state index contributed by atoms with van der Waals surface area (Å²) in [6.45, 7) is 1.65. The Morgan fingerprint density at radius 1 is 1.53 bits per heavy atom. The highest BCUT2D eigenvalue weighted by Crippen LogP contribution is 2.26. The third-order valence-electron chi connectivity index (χ3n) is 1.89. The van der Waals surface area contributed by atoms with Crippen molar-refractivity contribution in [1.29, 1.82) is 0 Å². The van der Waals surface area contributed by atoms with Crippen LogP contribution in [0.25, 0.3) is 10.6 Å². The zero-order valence-corrected chi connectivity index (χ0v) is 8.75. The molecule has 0 fully saturated rings. The van der Waals surface area contributed by atoms with Crippen LogP contribution in [0.1, 0.15) is 15.4 Å². The standard InChI is InChI=1S/C10H8N2O2S/c1-6-8(10(13)14)15-9(12-6)7-3-2-4-11-5-7/h2-5H,1H3,(H,13,14)/p-1. The minimum atomic E-state index is -1.18. The smallest absolute Gasteiger partial charge is 0.125 e. The summed E-state index contributed by atoms with van der Waals surface area (Å²) < 4.78 is 0. The Morgan fingerprint density at radius 2 is 2.33 bits per heavy atom. The molecule has 0 saturated heterocycles. The third-order valence-corrected chi connectivity index (χ3v) is 3.08. The summed E-state index contributed by atoms with van der Waals surface area (Å²) in [6, 6.07) is 3.62. The first-order valence-electron chi connectivity index (χ1n) is 4.27. The van der Waals surface area contributed by atoms with Gasteiger partial charge in [-0.25, -0.2) is 4.98 Å². The number of aromatic carboxylic acids is 1. The van der Waals surface area contributed by atoms with Crippen molar-refractivity contribution in [3.63, 3.8) is 0 Å².